The van der Waals surface area contributed by atoms with Crippen LogP contribution in [0.3, 0.4) is 0 Å². The van der Waals surface area contributed by atoms with Gasteiger partial charge in [0.15, 0.2) is 5.82 Å². The van der Waals surface area contributed by atoms with Gasteiger partial charge in [-0.1, -0.05) is 37.3 Å². The summed E-state index contributed by atoms with van der Waals surface area (Å²) >= 11 is 0. The second kappa shape index (κ2) is 5.61. The topological polar surface area (TPSA) is 29.0 Å². The Kier molecular flexibility index (Phi) is 3.68. The molecule has 1 fully saturated rings. The summed E-state index contributed by atoms with van der Waals surface area (Å²) in [6.45, 7) is 4.55. The molecule has 2 heterocycles. The van der Waals surface area contributed by atoms with Gasteiger partial charge in [0.2, 0.25) is 0 Å². The minimum atomic E-state index is 0.568. The molecule has 0 bridgehead atoms. The van der Waals surface area contributed by atoms with Crippen LogP contribution >= 0.6 is 0 Å². The van der Waals surface area contributed by atoms with Crippen molar-refractivity contribution in [2.75, 3.05) is 4.90 Å². The minimum Gasteiger partial charge on any atom is -0.351 e. The third-order valence-electron chi connectivity index (χ3n) is 4.19. The molecule has 2 aromatic rings. The molecule has 1 aliphatic heterocycles. The first kappa shape index (κ1) is 13.1. The highest BCUT2D eigenvalue weighted by Gasteiger charge is 2.30. The molecule has 3 rings (SSSR count). The van der Waals surface area contributed by atoms with E-state index in [1.54, 1.807) is 0 Å². The Morgan fingerprint density at radius 3 is 2.70 bits per heavy atom. The zero-order valence-electron chi connectivity index (χ0n) is 12.2. The molecule has 0 spiro atoms. The van der Waals surface area contributed by atoms with Crippen LogP contribution in [0.25, 0.3) is 11.4 Å². The highest BCUT2D eigenvalue weighted by molar-refractivity contribution is 5.57. The normalized spacial score (nSPS) is 22.2. The molecule has 0 unspecified atom stereocenters. The van der Waals surface area contributed by atoms with Gasteiger partial charge in [-0.15, -0.1) is 0 Å². The maximum atomic E-state index is 4.79. The molecule has 3 nitrogen and oxygen atoms in total. The number of hydrogen-bond donors (Lipinski definition) is 0. The Bertz CT molecular complexity index is 567. The average Bonchev–Trinajstić information content (AvgIpc) is 2.89. The molecule has 1 aliphatic rings. The van der Waals surface area contributed by atoms with Crippen molar-refractivity contribution in [2.45, 2.75) is 45.2 Å². The van der Waals surface area contributed by atoms with Crippen molar-refractivity contribution in [3.63, 3.8) is 0 Å². The Morgan fingerprint density at radius 1 is 1.15 bits per heavy atom. The van der Waals surface area contributed by atoms with Gasteiger partial charge in [0, 0.05) is 23.8 Å². The molecule has 0 amide bonds. The van der Waals surface area contributed by atoms with Gasteiger partial charge >= 0.3 is 0 Å². The zero-order chi connectivity index (χ0) is 13.9. The number of aromatic nitrogens is 2. The lowest BCUT2D eigenvalue weighted by molar-refractivity contribution is 0.621. The summed E-state index contributed by atoms with van der Waals surface area (Å²) in [6, 6.07) is 13.4. The van der Waals surface area contributed by atoms with Gasteiger partial charge < -0.3 is 4.90 Å². The van der Waals surface area contributed by atoms with Crippen LogP contribution in [-0.2, 0) is 0 Å². The quantitative estimate of drug-likeness (QED) is 0.844. The smallest absolute Gasteiger partial charge is 0.161 e. The van der Waals surface area contributed by atoms with E-state index in [2.05, 4.69) is 35.9 Å². The third kappa shape index (κ3) is 2.40. The lowest BCUT2D eigenvalue weighted by atomic mass is 10.1. The van der Waals surface area contributed by atoms with E-state index in [4.69, 9.17) is 4.98 Å². The second-order valence-electron chi connectivity index (χ2n) is 5.50. The summed E-state index contributed by atoms with van der Waals surface area (Å²) in [6.07, 6.45) is 5.57. The van der Waals surface area contributed by atoms with Crippen molar-refractivity contribution in [2.24, 2.45) is 0 Å². The highest BCUT2D eigenvalue weighted by Crippen LogP contribution is 2.31. The molecule has 2 atom stereocenters. The first-order valence-corrected chi connectivity index (χ1v) is 7.46. The minimum absolute atomic E-state index is 0.568. The van der Waals surface area contributed by atoms with Crippen molar-refractivity contribution >= 4 is 5.82 Å². The van der Waals surface area contributed by atoms with Crippen LogP contribution in [0, 0.1) is 0 Å². The van der Waals surface area contributed by atoms with Crippen molar-refractivity contribution in [1.82, 2.24) is 9.97 Å². The number of hydrogen-bond acceptors (Lipinski definition) is 3. The van der Waals surface area contributed by atoms with Gasteiger partial charge in [-0.05, 0) is 32.3 Å². The lowest BCUT2D eigenvalue weighted by Crippen LogP contribution is -2.34. The largest absolute Gasteiger partial charge is 0.351 e. The molecule has 0 radical (unpaired) electrons. The van der Waals surface area contributed by atoms with Crippen LogP contribution < -0.4 is 4.90 Å². The molecule has 1 aromatic heterocycles. The Morgan fingerprint density at radius 2 is 1.95 bits per heavy atom. The van der Waals surface area contributed by atoms with E-state index in [0.717, 1.165) is 17.2 Å². The van der Waals surface area contributed by atoms with Gasteiger partial charge in [0.1, 0.15) is 5.82 Å². The summed E-state index contributed by atoms with van der Waals surface area (Å²) in [7, 11) is 0. The number of rotatable bonds is 3. The first-order chi connectivity index (χ1) is 9.79. The number of anilines is 1. The molecule has 20 heavy (non-hydrogen) atoms. The van der Waals surface area contributed by atoms with Gasteiger partial charge in [0.25, 0.3) is 0 Å². The van der Waals surface area contributed by atoms with Crippen molar-refractivity contribution in [3.05, 3.63) is 42.6 Å². The van der Waals surface area contributed by atoms with Crippen LogP contribution in [0.1, 0.15) is 33.1 Å². The summed E-state index contributed by atoms with van der Waals surface area (Å²) in [5.74, 6) is 1.88. The molecule has 1 saturated heterocycles. The fourth-order valence-corrected chi connectivity index (χ4v) is 3.10. The standard InChI is InChI=1S/C17H21N3/c1-3-15-10-9-13(2)20(15)16-11-12-18-17(19-16)14-7-5-4-6-8-14/h4-8,11-13,15H,3,9-10H2,1-2H3/t13-,15-/m0/s1. The molecule has 0 aliphatic carbocycles. The molecule has 104 valence electrons. The third-order valence-corrected chi connectivity index (χ3v) is 4.19. The molecule has 0 N–H and O–H groups in total. The zero-order valence-corrected chi connectivity index (χ0v) is 12.2. The molecule has 1 aromatic carbocycles. The molecular weight excluding hydrogens is 246 g/mol. The Hall–Kier alpha value is -1.90. The maximum absolute atomic E-state index is 4.79. The molecule has 0 saturated carbocycles. The van der Waals surface area contributed by atoms with Crippen molar-refractivity contribution < 1.29 is 0 Å². The first-order valence-electron chi connectivity index (χ1n) is 7.46. The van der Waals surface area contributed by atoms with Crippen LogP contribution in [0.15, 0.2) is 42.6 Å². The molecular formula is C17H21N3. The average molecular weight is 267 g/mol. The van der Waals surface area contributed by atoms with E-state index in [1.165, 1.54) is 19.3 Å². The van der Waals surface area contributed by atoms with Crippen LogP contribution in [0.4, 0.5) is 5.82 Å². The second-order valence-corrected chi connectivity index (χ2v) is 5.50. The van der Waals surface area contributed by atoms with Crippen LogP contribution in [0.5, 0.6) is 0 Å². The number of benzene rings is 1. The predicted octanol–water partition coefficient (Wildman–Crippen LogP) is 3.91. The maximum Gasteiger partial charge on any atom is 0.161 e. The van der Waals surface area contributed by atoms with Crippen LogP contribution in [0.2, 0.25) is 0 Å². The highest BCUT2D eigenvalue weighted by atomic mass is 15.3. The monoisotopic (exact) mass is 267 g/mol. The SMILES string of the molecule is CC[C@H]1CC[C@H](C)N1c1ccnc(-c2ccccc2)n1. The van der Waals surface area contributed by atoms with Gasteiger partial charge in [0.05, 0.1) is 0 Å². The van der Waals surface area contributed by atoms with Crippen molar-refractivity contribution in [3.8, 4) is 11.4 Å². The van der Waals surface area contributed by atoms with E-state index in [9.17, 15) is 0 Å². The fraction of sp³-hybridized carbons (Fsp3) is 0.412. The molecule has 3 heteroatoms. The summed E-state index contributed by atoms with van der Waals surface area (Å²) < 4.78 is 0. The van der Waals surface area contributed by atoms with E-state index in [0.29, 0.717) is 12.1 Å². The Labute approximate surface area is 120 Å². The van der Waals surface area contributed by atoms with E-state index < -0.39 is 0 Å². The summed E-state index contributed by atoms with van der Waals surface area (Å²) in [5.41, 5.74) is 1.08. The summed E-state index contributed by atoms with van der Waals surface area (Å²) in [4.78, 5) is 11.7. The van der Waals surface area contributed by atoms with Gasteiger partial charge in [-0.3, -0.25) is 0 Å². The van der Waals surface area contributed by atoms with Gasteiger partial charge in [-0.2, -0.15) is 0 Å². The predicted molar refractivity (Wildman–Crippen MR) is 82.7 cm³/mol. The van der Waals surface area contributed by atoms with E-state index >= 15 is 0 Å². The van der Waals surface area contributed by atoms with Gasteiger partial charge in [-0.25, -0.2) is 9.97 Å². The van der Waals surface area contributed by atoms with Crippen molar-refractivity contribution in [1.29, 1.82) is 0 Å². The van der Waals surface area contributed by atoms with Crippen LogP contribution in [-0.4, -0.2) is 22.1 Å². The van der Waals surface area contributed by atoms with E-state index in [-0.39, 0.29) is 0 Å². The Balaban J connectivity index is 1.95. The van der Waals surface area contributed by atoms with E-state index in [1.807, 2.05) is 30.5 Å². The summed E-state index contributed by atoms with van der Waals surface area (Å²) in [5, 5.41) is 0. The fourth-order valence-electron chi connectivity index (χ4n) is 3.10. The number of nitrogens with zero attached hydrogens (tertiary/aromatic N) is 3. The lowest BCUT2D eigenvalue weighted by Gasteiger charge is -2.29.